The largest absolute Gasteiger partial charge is 0.497 e. The maximum absolute atomic E-state index is 13.5. The van der Waals surface area contributed by atoms with E-state index in [4.69, 9.17) is 14.2 Å². The Morgan fingerprint density at radius 3 is 2.62 bits per heavy atom. The summed E-state index contributed by atoms with van der Waals surface area (Å²) in [5.41, 5.74) is 2.75. The third kappa shape index (κ3) is 3.51. The highest BCUT2D eigenvalue weighted by atomic mass is 16.6. The number of allylic oxidation sites excluding steroid dienone is 1. The van der Waals surface area contributed by atoms with Gasteiger partial charge in [-0.15, -0.1) is 0 Å². The van der Waals surface area contributed by atoms with E-state index in [0.717, 1.165) is 11.3 Å². The summed E-state index contributed by atoms with van der Waals surface area (Å²) in [5, 5.41) is 10.8. The molecule has 0 aliphatic carbocycles. The molecule has 9 heteroatoms. The van der Waals surface area contributed by atoms with Crippen LogP contribution >= 0.6 is 0 Å². The molecular formula is C23H23N5O4. The monoisotopic (exact) mass is 433 g/mol. The number of anilines is 2. The van der Waals surface area contributed by atoms with E-state index in [1.54, 1.807) is 36.1 Å². The van der Waals surface area contributed by atoms with E-state index < -0.39 is 6.04 Å². The number of nitrogens with zero attached hydrogens (tertiary/aromatic N) is 3. The lowest BCUT2D eigenvalue weighted by Crippen LogP contribution is -2.31. The molecule has 32 heavy (non-hydrogen) atoms. The Kier molecular flexibility index (Phi) is 4.93. The molecule has 3 aromatic rings. The van der Waals surface area contributed by atoms with Gasteiger partial charge in [-0.3, -0.25) is 4.79 Å². The molecule has 2 N–H and O–H groups in total. The molecule has 0 saturated carbocycles. The first-order chi connectivity index (χ1) is 15.5. The van der Waals surface area contributed by atoms with Gasteiger partial charge < -0.3 is 24.8 Å². The second-order valence-corrected chi connectivity index (χ2v) is 7.58. The highest BCUT2D eigenvalue weighted by Gasteiger charge is 2.34. The topological polar surface area (TPSA) is 99.5 Å². The molecule has 1 atom stereocenters. The van der Waals surface area contributed by atoms with E-state index in [-0.39, 0.29) is 5.91 Å². The van der Waals surface area contributed by atoms with Crippen LogP contribution in [0.4, 0.5) is 11.6 Å². The smallest absolute Gasteiger partial charge is 0.255 e. The van der Waals surface area contributed by atoms with Crippen LogP contribution in [0.15, 0.2) is 53.7 Å². The number of amides is 1. The quantitative estimate of drug-likeness (QED) is 0.651. The van der Waals surface area contributed by atoms with Gasteiger partial charge in [0.05, 0.1) is 12.7 Å². The highest BCUT2D eigenvalue weighted by Crippen LogP contribution is 2.39. The number of fused-ring (bicyclic) bond motifs is 2. The molecule has 2 aliphatic rings. The number of hydrogen-bond acceptors (Lipinski definition) is 7. The van der Waals surface area contributed by atoms with Crippen molar-refractivity contribution >= 4 is 17.5 Å². The van der Waals surface area contributed by atoms with Gasteiger partial charge in [0.25, 0.3) is 5.91 Å². The molecule has 2 aromatic carbocycles. The van der Waals surface area contributed by atoms with Gasteiger partial charge in [-0.05, 0) is 55.8 Å². The number of ether oxygens (including phenoxy) is 3. The van der Waals surface area contributed by atoms with Gasteiger partial charge >= 0.3 is 0 Å². The lowest BCUT2D eigenvalue weighted by atomic mass is 9.94. The lowest BCUT2D eigenvalue weighted by Gasteiger charge is -2.29. The summed E-state index contributed by atoms with van der Waals surface area (Å²) in [6.07, 6.45) is 0. The summed E-state index contributed by atoms with van der Waals surface area (Å²) in [7, 11) is 1.60. The molecule has 1 unspecified atom stereocenters. The molecule has 0 saturated heterocycles. The Hall–Kier alpha value is -4.01. The Labute approximate surface area is 185 Å². The van der Waals surface area contributed by atoms with Crippen LogP contribution in [0.25, 0.3) is 0 Å². The number of carbonyl (C=O) groups excluding carboxylic acids is 1. The van der Waals surface area contributed by atoms with Gasteiger partial charge in [-0.25, -0.2) is 4.68 Å². The Bertz CT molecular complexity index is 1220. The molecule has 3 heterocycles. The first kappa shape index (κ1) is 19.9. The van der Waals surface area contributed by atoms with E-state index in [1.807, 2.05) is 32.0 Å². The number of methoxy groups -OCH3 is 1. The number of aromatic nitrogens is 3. The zero-order valence-electron chi connectivity index (χ0n) is 18.0. The molecule has 0 fully saturated rings. The minimum atomic E-state index is -0.485. The van der Waals surface area contributed by atoms with Gasteiger partial charge in [0, 0.05) is 11.4 Å². The Morgan fingerprint density at radius 2 is 1.88 bits per heavy atom. The van der Waals surface area contributed by atoms with E-state index in [1.165, 1.54) is 0 Å². The van der Waals surface area contributed by atoms with Crippen molar-refractivity contribution in [3.63, 3.8) is 0 Å². The van der Waals surface area contributed by atoms with Crippen molar-refractivity contribution in [2.45, 2.75) is 19.9 Å². The van der Waals surface area contributed by atoms with Gasteiger partial charge in [0.2, 0.25) is 5.95 Å². The van der Waals surface area contributed by atoms with Gasteiger partial charge in [0.1, 0.15) is 30.8 Å². The first-order valence-corrected chi connectivity index (χ1v) is 10.3. The maximum atomic E-state index is 13.5. The SMILES string of the molecule is COc1ccc(NC(=O)C2=C(C)Nc3nc(C)nn3C2c2ccc3c(c2)OCCO3)cc1. The van der Waals surface area contributed by atoms with Crippen LogP contribution in [0.2, 0.25) is 0 Å². The van der Waals surface area contributed by atoms with Gasteiger partial charge in [-0.1, -0.05) is 6.07 Å². The third-order valence-electron chi connectivity index (χ3n) is 5.43. The average Bonchev–Trinajstić information content (AvgIpc) is 3.17. The summed E-state index contributed by atoms with van der Waals surface area (Å²) in [6, 6.07) is 12.4. The number of aryl methyl sites for hydroxylation is 1. The molecule has 1 amide bonds. The highest BCUT2D eigenvalue weighted by molar-refractivity contribution is 6.06. The summed E-state index contributed by atoms with van der Waals surface area (Å²) >= 11 is 0. The van der Waals surface area contributed by atoms with Crippen molar-refractivity contribution in [1.82, 2.24) is 14.8 Å². The van der Waals surface area contributed by atoms with Gasteiger partial charge in [0.15, 0.2) is 11.5 Å². The van der Waals surface area contributed by atoms with Crippen LogP contribution in [0, 0.1) is 6.92 Å². The van der Waals surface area contributed by atoms with E-state index in [9.17, 15) is 4.79 Å². The number of rotatable bonds is 4. The normalized spacial score (nSPS) is 16.8. The van der Waals surface area contributed by atoms with Crippen molar-refractivity contribution in [3.8, 4) is 17.2 Å². The predicted octanol–water partition coefficient (Wildman–Crippen LogP) is 3.29. The Balaban J connectivity index is 1.55. The van der Waals surface area contributed by atoms with Gasteiger partial charge in [-0.2, -0.15) is 10.1 Å². The number of benzene rings is 2. The minimum Gasteiger partial charge on any atom is -0.497 e. The number of nitrogens with one attached hydrogen (secondary N) is 2. The van der Waals surface area contributed by atoms with Crippen LogP contribution < -0.4 is 24.8 Å². The fraction of sp³-hybridized carbons (Fsp3) is 0.261. The molecule has 1 aromatic heterocycles. The molecular weight excluding hydrogens is 410 g/mol. The van der Waals surface area contributed by atoms with Crippen molar-refractivity contribution < 1.29 is 19.0 Å². The van der Waals surface area contributed by atoms with Crippen molar-refractivity contribution in [3.05, 3.63) is 65.1 Å². The molecule has 2 aliphatic heterocycles. The van der Waals surface area contributed by atoms with Crippen LogP contribution in [-0.2, 0) is 4.79 Å². The minimum absolute atomic E-state index is 0.237. The molecule has 5 rings (SSSR count). The van der Waals surface area contributed by atoms with E-state index in [2.05, 4.69) is 20.7 Å². The average molecular weight is 433 g/mol. The second kappa shape index (κ2) is 7.92. The standard InChI is InChI=1S/C23H23N5O4/c1-13-20(22(29)26-16-5-7-17(30-3)8-6-16)21(28-23(24-13)25-14(2)27-28)15-4-9-18-19(12-15)32-11-10-31-18/h4-9,12,21H,10-11H2,1-3H3,(H,26,29)(H,24,25,27). The summed E-state index contributed by atoms with van der Waals surface area (Å²) in [4.78, 5) is 17.9. The van der Waals surface area contributed by atoms with Crippen LogP contribution in [0.1, 0.15) is 24.4 Å². The predicted molar refractivity (Wildman–Crippen MR) is 118 cm³/mol. The number of hydrogen-bond donors (Lipinski definition) is 2. The van der Waals surface area contributed by atoms with E-state index >= 15 is 0 Å². The summed E-state index contributed by atoms with van der Waals surface area (Å²) < 4.78 is 18.4. The molecule has 0 spiro atoms. The third-order valence-corrected chi connectivity index (χ3v) is 5.43. The van der Waals surface area contributed by atoms with Crippen LogP contribution in [0.5, 0.6) is 17.2 Å². The fourth-order valence-corrected chi connectivity index (χ4v) is 3.96. The summed E-state index contributed by atoms with van der Waals surface area (Å²) in [6.45, 7) is 4.68. The van der Waals surface area contributed by atoms with Crippen LogP contribution in [-0.4, -0.2) is 41.0 Å². The molecule has 164 valence electrons. The second-order valence-electron chi connectivity index (χ2n) is 7.58. The fourth-order valence-electron chi connectivity index (χ4n) is 3.96. The van der Waals surface area contributed by atoms with Crippen LogP contribution in [0.3, 0.4) is 0 Å². The summed E-state index contributed by atoms with van der Waals surface area (Å²) in [5.74, 6) is 3.01. The zero-order chi connectivity index (χ0) is 22.2. The first-order valence-electron chi connectivity index (χ1n) is 10.3. The lowest BCUT2D eigenvalue weighted by molar-refractivity contribution is -0.113. The number of carbonyl (C=O) groups is 1. The zero-order valence-corrected chi connectivity index (χ0v) is 18.0. The van der Waals surface area contributed by atoms with Crippen molar-refractivity contribution in [2.24, 2.45) is 0 Å². The van der Waals surface area contributed by atoms with Crippen molar-refractivity contribution in [2.75, 3.05) is 31.0 Å². The Morgan fingerprint density at radius 1 is 1.12 bits per heavy atom. The molecule has 0 radical (unpaired) electrons. The molecule has 9 nitrogen and oxygen atoms in total. The molecule has 0 bridgehead atoms. The van der Waals surface area contributed by atoms with Crippen molar-refractivity contribution in [1.29, 1.82) is 0 Å². The van der Waals surface area contributed by atoms with E-state index in [0.29, 0.717) is 53.4 Å². The maximum Gasteiger partial charge on any atom is 0.255 e.